The summed E-state index contributed by atoms with van der Waals surface area (Å²) in [6.07, 6.45) is 7.54. The second-order valence-electron chi connectivity index (χ2n) is 2.25. The van der Waals surface area contributed by atoms with Crippen LogP contribution in [0.3, 0.4) is 0 Å². The molecule has 0 unspecified atom stereocenters. The Bertz CT molecular complexity index is 334. The third-order valence-corrected chi connectivity index (χ3v) is 1.56. The van der Waals surface area contributed by atoms with E-state index in [-0.39, 0.29) is 0 Å². The smallest absolute Gasteiger partial charge is 0.280 e. The van der Waals surface area contributed by atoms with E-state index in [1.807, 2.05) is 0 Å². The first-order chi connectivity index (χ1) is 5.29. The van der Waals surface area contributed by atoms with Crippen molar-refractivity contribution in [3.8, 4) is 0 Å². The Hall–Kier alpha value is -1.73. The predicted octanol–water partition coefficient (Wildman–Crippen LogP) is -0.131. The van der Waals surface area contributed by atoms with Gasteiger partial charge in [0.05, 0.1) is 6.08 Å². The van der Waals surface area contributed by atoms with Crippen molar-refractivity contribution >= 4 is 11.7 Å². The molecule has 0 aromatic rings. The van der Waals surface area contributed by atoms with Gasteiger partial charge in [0.2, 0.25) is 0 Å². The summed E-state index contributed by atoms with van der Waals surface area (Å²) in [7, 11) is 0. The number of nitrogens with one attached hydrogen (secondary N) is 1. The topological polar surface area (TPSA) is 46.2 Å². The predicted molar refractivity (Wildman–Crippen MR) is 37.1 cm³/mol. The zero-order chi connectivity index (χ0) is 7.84. The van der Waals surface area contributed by atoms with Crippen LogP contribution in [-0.2, 0) is 9.59 Å². The Kier molecular flexibility index (Phi) is 1.02. The van der Waals surface area contributed by atoms with Crippen LogP contribution in [0.25, 0.3) is 0 Å². The zero-order valence-corrected chi connectivity index (χ0v) is 5.55. The molecule has 0 aromatic heterocycles. The van der Waals surface area contributed by atoms with Crippen LogP contribution in [0, 0.1) is 6.08 Å². The first kappa shape index (κ1) is 6.01. The summed E-state index contributed by atoms with van der Waals surface area (Å²) >= 11 is 0. The van der Waals surface area contributed by atoms with E-state index < -0.39 is 11.7 Å². The van der Waals surface area contributed by atoms with Gasteiger partial charge in [-0.05, 0) is 0 Å². The maximum absolute atomic E-state index is 11.0. The minimum Gasteiger partial charge on any atom is -0.280 e. The quantitative estimate of drug-likeness (QED) is 0.382. The number of carbonyl (C=O) groups excluding carboxylic acids is 2. The minimum absolute atomic E-state index is 0.439. The summed E-state index contributed by atoms with van der Waals surface area (Å²) in [6, 6.07) is 0. The van der Waals surface area contributed by atoms with E-state index in [1.165, 1.54) is 0 Å². The Morgan fingerprint density at radius 3 is 2.91 bits per heavy atom. The maximum Gasteiger partial charge on any atom is 0.311 e. The second-order valence-corrected chi connectivity index (χ2v) is 2.25. The van der Waals surface area contributed by atoms with Crippen LogP contribution < -0.4 is 5.32 Å². The third kappa shape index (κ3) is 0.719. The molecule has 0 saturated heterocycles. The van der Waals surface area contributed by atoms with E-state index in [0.29, 0.717) is 11.3 Å². The summed E-state index contributed by atoms with van der Waals surface area (Å²) in [5, 5.41) is 2.43. The number of amides is 1. The van der Waals surface area contributed by atoms with Crippen LogP contribution in [-0.4, -0.2) is 11.7 Å². The molecule has 2 rings (SSSR count). The molecule has 2 aliphatic rings. The van der Waals surface area contributed by atoms with Crippen molar-refractivity contribution in [3.05, 3.63) is 35.6 Å². The van der Waals surface area contributed by atoms with Crippen molar-refractivity contribution in [3.63, 3.8) is 0 Å². The number of hydrogen-bond donors (Lipinski definition) is 1. The summed E-state index contributed by atoms with van der Waals surface area (Å²) in [5.74, 6) is -1.02. The molecule has 52 valence electrons. The summed E-state index contributed by atoms with van der Waals surface area (Å²) in [6.45, 7) is 0. The van der Waals surface area contributed by atoms with Gasteiger partial charge in [0.1, 0.15) is 12.2 Å². The first-order valence-corrected chi connectivity index (χ1v) is 3.15. The number of carbonyl (C=O) groups is 2. The van der Waals surface area contributed by atoms with Gasteiger partial charge in [-0.25, -0.2) is 0 Å². The van der Waals surface area contributed by atoms with Crippen LogP contribution in [0.5, 0.6) is 0 Å². The standard InChI is InChI=1S/C8H3NO2/c10-7-5-3-1-2-4-6(5)9-8(7)11/h1,3-4H/p+1. The molecule has 1 heterocycles. The minimum atomic E-state index is -0.556. The largest absolute Gasteiger partial charge is 0.311 e. The molecule has 1 amide bonds. The molecule has 1 aliphatic heterocycles. The van der Waals surface area contributed by atoms with Crippen molar-refractivity contribution in [2.75, 3.05) is 0 Å². The molecule has 0 spiro atoms. The average molecular weight is 146 g/mol. The van der Waals surface area contributed by atoms with Gasteiger partial charge in [0, 0.05) is 6.08 Å². The van der Waals surface area contributed by atoms with E-state index >= 15 is 0 Å². The van der Waals surface area contributed by atoms with E-state index in [4.69, 9.17) is 0 Å². The lowest BCUT2D eigenvalue weighted by Gasteiger charge is -1.86. The highest BCUT2D eigenvalue weighted by molar-refractivity contribution is 6.46. The van der Waals surface area contributed by atoms with Crippen LogP contribution in [0.4, 0.5) is 0 Å². The fourth-order valence-electron chi connectivity index (χ4n) is 1.03. The van der Waals surface area contributed by atoms with Crippen molar-refractivity contribution in [2.24, 2.45) is 0 Å². The Labute approximate surface area is 63.1 Å². The maximum atomic E-state index is 11.0. The molecule has 3 nitrogen and oxygen atoms in total. The van der Waals surface area contributed by atoms with Gasteiger partial charge in [0.15, 0.2) is 11.3 Å². The van der Waals surface area contributed by atoms with Gasteiger partial charge in [-0.15, -0.1) is 0 Å². The van der Waals surface area contributed by atoms with Crippen LogP contribution >= 0.6 is 0 Å². The molecule has 0 aromatic carbocycles. The van der Waals surface area contributed by atoms with E-state index in [2.05, 4.69) is 11.4 Å². The van der Waals surface area contributed by atoms with Gasteiger partial charge in [-0.3, -0.25) is 14.9 Å². The molecule has 11 heavy (non-hydrogen) atoms. The number of ketones is 1. The molecule has 1 aliphatic carbocycles. The number of allylic oxidation sites excluding steroid dienone is 4. The summed E-state index contributed by atoms with van der Waals surface area (Å²) in [4.78, 5) is 21.7. The average Bonchev–Trinajstić information content (AvgIpc) is 2.30. The third-order valence-electron chi connectivity index (χ3n) is 1.56. The molecular formula is C8H4NO2+. The van der Waals surface area contributed by atoms with Crippen molar-refractivity contribution < 1.29 is 9.59 Å². The van der Waals surface area contributed by atoms with Crippen LogP contribution in [0.2, 0.25) is 0 Å². The highest BCUT2D eigenvalue weighted by atomic mass is 16.2. The highest BCUT2D eigenvalue weighted by Gasteiger charge is 2.35. The van der Waals surface area contributed by atoms with Crippen LogP contribution in [0.1, 0.15) is 0 Å². The Morgan fingerprint density at radius 2 is 2.18 bits per heavy atom. The molecule has 1 N–H and O–H groups in total. The van der Waals surface area contributed by atoms with E-state index in [1.54, 1.807) is 18.2 Å². The number of rotatable bonds is 0. The van der Waals surface area contributed by atoms with Gasteiger partial charge in [-0.1, -0.05) is 0 Å². The number of hydrogen-bond acceptors (Lipinski definition) is 2. The monoisotopic (exact) mass is 146 g/mol. The molecule has 0 radical (unpaired) electrons. The SMILES string of the molecule is O=C1NC2=C(C=C[C+]=C2)C1=O. The van der Waals surface area contributed by atoms with Gasteiger partial charge < -0.3 is 0 Å². The number of Topliss-reactive ketones (excluding diaryl/α,β-unsaturated/α-hetero) is 1. The zero-order valence-electron chi connectivity index (χ0n) is 5.55. The molecule has 0 saturated carbocycles. The van der Waals surface area contributed by atoms with E-state index in [9.17, 15) is 9.59 Å². The second kappa shape index (κ2) is 1.87. The normalized spacial score (nSPS) is 20.0. The van der Waals surface area contributed by atoms with Gasteiger partial charge in [0.25, 0.3) is 5.78 Å². The fourth-order valence-corrected chi connectivity index (χ4v) is 1.03. The van der Waals surface area contributed by atoms with Gasteiger partial charge in [-0.2, -0.15) is 0 Å². The molecule has 3 heteroatoms. The molecular weight excluding hydrogens is 142 g/mol. The lowest BCUT2D eigenvalue weighted by atomic mass is 10.1. The Balaban J connectivity index is 2.53. The molecule has 0 fully saturated rings. The molecule has 0 atom stereocenters. The summed E-state index contributed by atoms with van der Waals surface area (Å²) < 4.78 is 0. The van der Waals surface area contributed by atoms with Crippen molar-refractivity contribution in [1.29, 1.82) is 0 Å². The van der Waals surface area contributed by atoms with Crippen LogP contribution in [0.15, 0.2) is 29.5 Å². The fraction of sp³-hybridized carbons (Fsp3) is 0. The lowest BCUT2D eigenvalue weighted by Crippen LogP contribution is -2.20. The van der Waals surface area contributed by atoms with Crippen molar-refractivity contribution in [2.45, 2.75) is 0 Å². The lowest BCUT2D eigenvalue weighted by molar-refractivity contribution is -0.134. The van der Waals surface area contributed by atoms with Crippen molar-refractivity contribution in [1.82, 2.24) is 5.32 Å². The van der Waals surface area contributed by atoms with E-state index in [0.717, 1.165) is 0 Å². The first-order valence-electron chi connectivity index (χ1n) is 3.15. The summed E-state index contributed by atoms with van der Waals surface area (Å²) in [5.41, 5.74) is 0.997. The van der Waals surface area contributed by atoms with Gasteiger partial charge >= 0.3 is 5.91 Å². The molecule has 0 bridgehead atoms. The highest BCUT2D eigenvalue weighted by Crippen LogP contribution is 2.16. The Morgan fingerprint density at radius 1 is 1.36 bits per heavy atom.